The summed E-state index contributed by atoms with van der Waals surface area (Å²) in [7, 11) is -1.14. The van der Waals surface area contributed by atoms with Gasteiger partial charge in [0.05, 0.1) is 17.8 Å². The molecule has 1 aliphatic heterocycles. The average Bonchev–Trinajstić information content (AvgIpc) is 3.16. The van der Waals surface area contributed by atoms with Crippen LogP contribution in [0.25, 0.3) is 0 Å². The minimum atomic E-state index is -2.93. The van der Waals surface area contributed by atoms with Crippen molar-refractivity contribution in [1.29, 1.82) is 0 Å². The first-order valence-corrected chi connectivity index (χ1v) is 10.8. The first-order chi connectivity index (χ1) is 12.4. The number of benzene rings is 1. The van der Waals surface area contributed by atoms with E-state index < -0.39 is 9.84 Å². The normalized spacial score (nSPS) is 18.3. The van der Waals surface area contributed by atoms with Gasteiger partial charge in [-0.1, -0.05) is 30.3 Å². The molecule has 2 heterocycles. The van der Waals surface area contributed by atoms with Gasteiger partial charge in [0, 0.05) is 25.4 Å². The van der Waals surface area contributed by atoms with E-state index in [9.17, 15) is 13.2 Å². The van der Waals surface area contributed by atoms with Gasteiger partial charge in [-0.15, -0.1) is 0 Å². The second-order valence-electron chi connectivity index (χ2n) is 6.99. The van der Waals surface area contributed by atoms with E-state index in [1.54, 1.807) is 18.2 Å². The fourth-order valence-electron chi connectivity index (χ4n) is 3.52. The van der Waals surface area contributed by atoms with Gasteiger partial charge in [0.1, 0.15) is 15.6 Å². The molecule has 6 heteroatoms. The van der Waals surface area contributed by atoms with Crippen molar-refractivity contribution in [3.05, 3.63) is 60.1 Å². The third kappa shape index (κ3) is 4.75. The van der Waals surface area contributed by atoms with Gasteiger partial charge in [-0.05, 0) is 37.0 Å². The molecule has 2 aromatic rings. The lowest BCUT2D eigenvalue weighted by Crippen LogP contribution is -2.42. The molecule has 0 bridgehead atoms. The molecule has 1 aromatic heterocycles. The maximum absolute atomic E-state index is 12.8. The molecule has 26 heavy (non-hydrogen) atoms. The number of carbonyl (C=O) groups is 1. The number of rotatable bonds is 6. The van der Waals surface area contributed by atoms with E-state index in [-0.39, 0.29) is 29.4 Å². The zero-order valence-electron chi connectivity index (χ0n) is 15.0. The van der Waals surface area contributed by atoms with Crippen molar-refractivity contribution in [3.63, 3.8) is 0 Å². The lowest BCUT2D eigenvalue weighted by atomic mass is 9.93. The van der Waals surface area contributed by atoms with Crippen molar-refractivity contribution in [2.45, 2.75) is 37.6 Å². The third-order valence-corrected chi connectivity index (χ3v) is 6.87. The van der Waals surface area contributed by atoms with E-state index in [1.165, 1.54) is 0 Å². The molecule has 140 valence electrons. The SMILES string of the molecule is CN(C(=O)C[C@@H](Cc1ccccc1)c1ccco1)C1CCS(=O)(=O)CC1. The monoisotopic (exact) mass is 375 g/mol. The molecule has 1 amide bonds. The van der Waals surface area contributed by atoms with Crippen LogP contribution in [0, 0.1) is 0 Å². The van der Waals surface area contributed by atoms with Crippen LogP contribution in [0.15, 0.2) is 53.1 Å². The molecule has 5 nitrogen and oxygen atoms in total. The number of furan rings is 1. The lowest BCUT2D eigenvalue weighted by molar-refractivity contribution is -0.132. The van der Waals surface area contributed by atoms with Gasteiger partial charge in [0.15, 0.2) is 0 Å². The molecule has 1 fully saturated rings. The Morgan fingerprint density at radius 3 is 2.46 bits per heavy atom. The smallest absolute Gasteiger partial charge is 0.223 e. The van der Waals surface area contributed by atoms with Gasteiger partial charge in [0.2, 0.25) is 5.91 Å². The third-order valence-electron chi connectivity index (χ3n) is 5.16. The number of sulfone groups is 1. The van der Waals surface area contributed by atoms with Crippen LogP contribution >= 0.6 is 0 Å². The summed E-state index contributed by atoms with van der Waals surface area (Å²) >= 11 is 0. The highest BCUT2D eigenvalue weighted by molar-refractivity contribution is 7.91. The maximum Gasteiger partial charge on any atom is 0.223 e. The molecule has 3 rings (SSSR count). The quantitative estimate of drug-likeness (QED) is 0.778. The summed E-state index contributed by atoms with van der Waals surface area (Å²) in [6, 6.07) is 13.8. The first-order valence-electron chi connectivity index (χ1n) is 8.98. The average molecular weight is 375 g/mol. The van der Waals surface area contributed by atoms with E-state index in [4.69, 9.17) is 4.42 Å². The van der Waals surface area contributed by atoms with Crippen LogP contribution in [0.5, 0.6) is 0 Å². The number of hydrogen-bond acceptors (Lipinski definition) is 4. The van der Waals surface area contributed by atoms with E-state index in [0.717, 1.165) is 17.7 Å². The summed E-state index contributed by atoms with van der Waals surface area (Å²) in [6.45, 7) is 0. The molecule has 1 aromatic carbocycles. The minimum absolute atomic E-state index is 0.00000121. The van der Waals surface area contributed by atoms with Crippen LogP contribution in [-0.4, -0.2) is 43.8 Å². The Hall–Kier alpha value is -2.08. The summed E-state index contributed by atoms with van der Waals surface area (Å²) in [4.78, 5) is 14.6. The van der Waals surface area contributed by atoms with Crippen LogP contribution in [-0.2, 0) is 21.1 Å². The zero-order valence-corrected chi connectivity index (χ0v) is 15.8. The number of hydrogen-bond donors (Lipinski definition) is 0. The van der Waals surface area contributed by atoms with Gasteiger partial charge >= 0.3 is 0 Å². The summed E-state index contributed by atoms with van der Waals surface area (Å²) in [5.74, 6) is 1.14. The Labute approximate surface area is 154 Å². The topological polar surface area (TPSA) is 67.6 Å². The summed E-state index contributed by atoms with van der Waals surface area (Å²) in [5, 5.41) is 0. The van der Waals surface area contributed by atoms with E-state index in [0.29, 0.717) is 19.3 Å². The predicted molar refractivity (Wildman–Crippen MR) is 101 cm³/mol. The number of carbonyl (C=O) groups excluding carboxylic acids is 1. The summed E-state index contributed by atoms with van der Waals surface area (Å²) in [5.41, 5.74) is 1.16. The molecule has 0 radical (unpaired) electrons. The molecule has 0 aliphatic carbocycles. The zero-order chi connectivity index (χ0) is 18.6. The number of nitrogens with zero attached hydrogens (tertiary/aromatic N) is 1. The van der Waals surface area contributed by atoms with Crippen LogP contribution < -0.4 is 0 Å². The Balaban J connectivity index is 1.67. The molecule has 1 aliphatic rings. The largest absolute Gasteiger partial charge is 0.469 e. The highest BCUT2D eigenvalue weighted by atomic mass is 32.2. The Kier molecular flexibility index (Phi) is 5.81. The highest BCUT2D eigenvalue weighted by Gasteiger charge is 2.30. The molecule has 0 N–H and O–H groups in total. The summed E-state index contributed by atoms with van der Waals surface area (Å²) < 4.78 is 28.8. The van der Waals surface area contributed by atoms with Crippen molar-refractivity contribution in [1.82, 2.24) is 4.90 Å². The second kappa shape index (κ2) is 8.08. The van der Waals surface area contributed by atoms with Gasteiger partial charge in [-0.2, -0.15) is 0 Å². The predicted octanol–water partition coefficient (Wildman–Crippen LogP) is 3.03. The van der Waals surface area contributed by atoms with Crippen molar-refractivity contribution in [2.24, 2.45) is 0 Å². The molecule has 0 spiro atoms. The van der Waals surface area contributed by atoms with Crippen molar-refractivity contribution < 1.29 is 17.6 Å². The molecule has 1 saturated heterocycles. The highest BCUT2D eigenvalue weighted by Crippen LogP contribution is 2.27. The molecule has 0 unspecified atom stereocenters. The van der Waals surface area contributed by atoms with Crippen molar-refractivity contribution >= 4 is 15.7 Å². The molecule has 0 saturated carbocycles. The fourth-order valence-corrected chi connectivity index (χ4v) is 4.99. The molecular formula is C20H25NO4S. The Bertz CT molecular complexity index is 801. The van der Waals surface area contributed by atoms with Crippen molar-refractivity contribution in [3.8, 4) is 0 Å². The minimum Gasteiger partial charge on any atom is -0.469 e. The standard InChI is InChI=1S/C20H25NO4S/c1-21(18-9-12-26(23,24)13-10-18)20(22)15-17(19-8-5-11-25-19)14-16-6-3-2-4-7-16/h2-8,11,17-18H,9-10,12-15H2,1H3/t17-/m1/s1. The van der Waals surface area contributed by atoms with Crippen LogP contribution in [0.3, 0.4) is 0 Å². The van der Waals surface area contributed by atoms with Crippen molar-refractivity contribution in [2.75, 3.05) is 18.6 Å². The number of amides is 1. The summed E-state index contributed by atoms with van der Waals surface area (Å²) in [6.07, 6.45) is 3.76. The first kappa shape index (κ1) is 18.7. The molecular weight excluding hydrogens is 350 g/mol. The van der Waals surface area contributed by atoms with Crippen LogP contribution in [0.1, 0.15) is 36.5 Å². The lowest BCUT2D eigenvalue weighted by Gasteiger charge is -2.32. The van der Waals surface area contributed by atoms with Crippen LogP contribution in [0.4, 0.5) is 0 Å². The maximum atomic E-state index is 12.8. The van der Waals surface area contributed by atoms with E-state index in [1.807, 2.05) is 30.3 Å². The van der Waals surface area contributed by atoms with Gasteiger partial charge < -0.3 is 9.32 Å². The van der Waals surface area contributed by atoms with Gasteiger partial charge in [-0.25, -0.2) is 8.42 Å². The van der Waals surface area contributed by atoms with Crippen LogP contribution in [0.2, 0.25) is 0 Å². The fraction of sp³-hybridized carbons (Fsp3) is 0.450. The van der Waals surface area contributed by atoms with E-state index in [2.05, 4.69) is 12.1 Å². The second-order valence-corrected chi connectivity index (χ2v) is 9.30. The van der Waals surface area contributed by atoms with E-state index >= 15 is 0 Å². The Morgan fingerprint density at radius 2 is 1.85 bits per heavy atom. The van der Waals surface area contributed by atoms with Gasteiger partial charge in [-0.3, -0.25) is 4.79 Å². The van der Waals surface area contributed by atoms with Gasteiger partial charge in [0.25, 0.3) is 0 Å². The Morgan fingerprint density at radius 1 is 1.15 bits per heavy atom. The molecule has 1 atom stereocenters.